The molecule has 1 heterocycles. The maximum absolute atomic E-state index is 11.9. The van der Waals surface area contributed by atoms with Crippen LogP contribution >= 0.6 is 15.9 Å². The number of anilines is 1. The number of rotatable bonds is 4. The normalized spacial score (nSPS) is 23.6. The van der Waals surface area contributed by atoms with Crippen molar-refractivity contribution in [3.8, 4) is 0 Å². The van der Waals surface area contributed by atoms with E-state index in [-0.39, 0.29) is 5.91 Å². The van der Waals surface area contributed by atoms with Crippen molar-refractivity contribution >= 4 is 27.5 Å². The van der Waals surface area contributed by atoms with Crippen LogP contribution in [0.1, 0.15) is 19.8 Å². The van der Waals surface area contributed by atoms with E-state index in [4.69, 9.17) is 0 Å². The molecule has 2 atom stereocenters. The molecule has 20 heavy (non-hydrogen) atoms. The van der Waals surface area contributed by atoms with E-state index in [0.717, 1.165) is 29.5 Å². The van der Waals surface area contributed by atoms with Crippen molar-refractivity contribution in [1.82, 2.24) is 10.2 Å². The minimum absolute atomic E-state index is 0.00896. The number of nitrogens with one attached hydrogen (secondary N) is 2. The monoisotopic (exact) mass is 339 g/mol. The third-order valence-electron chi connectivity index (χ3n) is 3.87. The molecule has 1 aliphatic heterocycles. The zero-order valence-corrected chi connectivity index (χ0v) is 13.6. The van der Waals surface area contributed by atoms with Crippen molar-refractivity contribution < 1.29 is 4.79 Å². The number of nitrogens with zero attached hydrogens (tertiary/aromatic N) is 1. The molecule has 110 valence electrons. The molecule has 5 heteroatoms. The van der Waals surface area contributed by atoms with Crippen LogP contribution < -0.4 is 10.6 Å². The molecule has 2 N–H and O–H groups in total. The standard InChI is InChI=1S/C15H22BrN3O/c1-11-8-13(6-7-19(11)2)17-10-15(20)18-14-5-3-4-12(16)9-14/h3-5,9,11,13,17H,6-8,10H2,1-2H3,(H,18,20). The fourth-order valence-corrected chi connectivity index (χ4v) is 2.88. The van der Waals surface area contributed by atoms with Crippen LogP contribution in [0.25, 0.3) is 0 Å². The first-order chi connectivity index (χ1) is 9.54. The molecule has 0 aromatic heterocycles. The van der Waals surface area contributed by atoms with Gasteiger partial charge in [0.1, 0.15) is 0 Å². The molecule has 1 aromatic carbocycles. The second kappa shape index (κ2) is 7.20. The Kier molecular flexibility index (Phi) is 5.57. The second-order valence-corrected chi connectivity index (χ2v) is 6.41. The third-order valence-corrected chi connectivity index (χ3v) is 4.36. The quantitative estimate of drug-likeness (QED) is 0.885. The predicted octanol–water partition coefficient (Wildman–Crippen LogP) is 2.46. The molecule has 1 aliphatic rings. The third kappa shape index (κ3) is 4.58. The summed E-state index contributed by atoms with van der Waals surface area (Å²) in [6, 6.07) is 8.65. The fraction of sp³-hybridized carbons (Fsp3) is 0.533. The van der Waals surface area contributed by atoms with Gasteiger partial charge in [0.05, 0.1) is 6.54 Å². The van der Waals surface area contributed by atoms with Gasteiger partial charge in [-0.25, -0.2) is 0 Å². The summed E-state index contributed by atoms with van der Waals surface area (Å²) >= 11 is 3.39. The van der Waals surface area contributed by atoms with E-state index in [1.165, 1.54) is 0 Å². The molecule has 1 amide bonds. The van der Waals surface area contributed by atoms with E-state index < -0.39 is 0 Å². The van der Waals surface area contributed by atoms with Gasteiger partial charge < -0.3 is 15.5 Å². The molecule has 1 aromatic rings. The lowest BCUT2D eigenvalue weighted by Gasteiger charge is -2.35. The topological polar surface area (TPSA) is 44.4 Å². The summed E-state index contributed by atoms with van der Waals surface area (Å²) in [5, 5.41) is 6.26. The number of amides is 1. The van der Waals surface area contributed by atoms with Gasteiger partial charge in [-0.05, 0) is 51.6 Å². The molecule has 0 aliphatic carbocycles. The summed E-state index contributed by atoms with van der Waals surface area (Å²) < 4.78 is 0.965. The van der Waals surface area contributed by atoms with Crippen LogP contribution in [0, 0.1) is 0 Å². The molecule has 1 saturated heterocycles. The molecular formula is C15H22BrN3O. The van der Waals surface area contributed by atoms with Crippen LogP contribution in [0.15, 0.2) is 28.7 Å². The van der Waals surface area contributed by atoms with E-state index in [1.807, 2.05) is 24.3 Å². The highest BCUT2D eigenvalue weighted by Crippen LogP contribution is 2.16. The maximum Gasteiger partial charge on any atom is 0.238 e. The van der Waals surface area contributed by atoms with Crippen molar-refractivity contribution in [2.45, 2.75) is 31.8 Å². The van der Waals surface area contributed by atoms with Crippen molar-refractivity contribution in [2.24, 2.45) is 0 Å². The Labute approximate surface area is 129 Å². The van der Waals surface area contributed by atoms with Crippen molar-refractivity contribution in [3.05, 3.63) is 28.7 Å². The molecule has 1 fully saturated rings. The lowest BCUT2D eigenvalue weighted by molar-refractivity contribution is -0.115. The van der Waals surface area contributed by atoms with E-state index in [9.17, 15) is 4.79 Å². The Morgan fingerprint density at radius 1 is 1.50 bits per heavy atom. The van der Waals surface area contributed by atoms with Gasteiger partial charge in [0.25, 0.3) is 0 Å². The average molecular weight is 340 g/mol. The number of benzene rings is 1. The van der Waals surface area contributed by atoms with Gasteiger partial charge >= 0.3 is 0 Å². The number of halogens is 1. The van der Waals surface area contributed by atoms with E-state index in [1.54, 1.807) is 0 Å². The van der Waals surface area contributed by atoms with Gasteiger partial charge in [-0.3, -0.25) is 4.79 Å². The van der Waals surface area contributed by atoms with Crippen LogP contribution in [-0.4, -0.2) is 43.0 Å². The Morgan fingerprint density at radius 2 is 2.30 bits per heavy atom. The van der Waals surface area contributed by atoms with E-state index in [2.05, 4.69) is 45.4 Å². The first kappa shape index (κ1) is 15.5. The van der Waals surface area contributed by atoms with Crippen molar-refractivity contribution in [3.63, 3.8) is 0 Å². The summed E-state index contributed by atoms with van der Waals surface area (Å²) in [6.45, 7) is 3.69. The molecule has 0 radical (unpaired) electrons. The molecule has 0 spiro atoms. The molecule has 2 rings (SSSR count). The first-order valence-electron chi connectivity index (χ1n) is 7.03. The lowest BCUT2D eigenvalue weighted by atomic mass is 9.99. The number of carbonyl (C=O) groups is 1. The van der Waals surface area contributed by atoms with Crippen molar-refractivity contribution in [1.29, 1.82) is 0 Å². The van der Waals surface area contributed by atoms with Gasteiger partial charge in [-0.15, -0.1) is 0 Å². The highest BCUT2D eigenvalue weighted by atomic mass is 79.9. The summed E-state index contributed by atoms with van der Waals surface area (Å²) in [6.07, 6.45) is 2.20. The Bertz CT molecular complexity index is 466. The minimum atomic E-state index is 0.00896. The van der Waals surface area contributed by atoms with E-state index >= 15 is 0 Å². The van der Waals surface area contributed by atoms with Crippen LogP contribution in [0.3, 0.4) is 0 Å². The summed E-state index contributed by atoms with van der Waals surface area (Å²) in [5.74, 6) is 0.00896. The number of hydrogen-bond acceptors (Lipinski definition) is 3. The molecular weight excluding hydrogens is 318 g/mol. The molecule has 4 nitrogen and oxygen atoms in total. The highest BCUT2D eigenvalue weighted by Gasteiger charge is 2.22. The first-order valence-corrected chi connectivity index (χ1v) is 7.83. The summed E-state index contributed by atoms with van der Waals surface area (Å²) in [7, 11) is 2.15. The zero-order chi connectivity index (χ0) is 14.5. The van der Waals surface area contributed by atoms with Crippen LogP contribution in [0.2, 0.25) is 0 Å². The predicted molar refractivity (Wildman–Crippen MR) is 85.9 cm³/mol. The highest BCUT2D eigenvalue weighted by molar-refractivity contribution is 9.10. The van der Waals surface area contributed by atoms with Crippen LogP contribution in [0.5, 0.6) is 0 Å². The number of likely N-dealkylation sites (tertiary alicyclic amines) is 1. The minimum Gasteiger partial charge on any atom is -0.325 e. The van der Waals surface area contributed by atoms with Crippen LogP contribution in [-0.2, 0) is 4.79 Å². The second-order valence-electron chi connectivity index (χ2n) is 5.49. The molecule has 0 saturated carbocycles. The smallest absolute Gasteiger partial charge is 0.238 e. The van der Waals surface area contributed by atoms with Gasteiger partial charge in [0, 0.05) is 22.2 Å². The zero-order valence-electron chi connectivity index (χ0n) is 12.0. The van der Waals surface area contributed by atoms with Gasteiger partial charge in [-0.2, -0.15) is 0 Å². The average Bonchev–Trinajstić information content (AvgIpc) is 2.40. The summed E-state index contributed by atoms with van der Waals surface area (Å²) in [5.41, 5.74) is 0.822. The summed E-state index contributed by atoms with van der Waals surface area (Å²) in [4.78, 5) is 14.3. The lowest BCUT2D eigenvalue weighted by Crippen LogP contribution is -2.47. The molecule has 0 bridgehead atoms. The molecule has 2 unspecified atom stereocenters. The maximum atomic E-state index is 11.9. The Hall–Kier alpha value is -0.910. The fourth-order valence-electron chi connectivity index (χ4n) is 2.48. The van der Waals surface area contributed by atoms with Crippen molar-refractivity contribution in [2.75, 3.05) is 25.5 Å². The van der Waals surface area contributed by atoms with Crippen LogP contribution in [0.4, 0.5) is 5.69 Å². The van der Waals surface area contributed by atoms with Gasteiger partial charge in [0.15, 0.2) is 0 Å². The Balaban J connectivity index is 1.75. The van der Waals surface area contributed by atoms with E-state index in [0.29, 0.717) is 18.6 Å². The largest absolute Gasteiger partial charge is 0.325 e. The number of piperidine rings is 1. The number of carbonyl (C=O) groups excluding carboxylic acids is 1. The SMILES string of the molecule is CC1CC(NCC(=O)Nc2cccc(Br)c2)CCN1C. The Morgan fingerprint density at radius 3 is 3.00 bits per heavy atom. The van der Waals surface area contributed by atoms with Gasteiger partial charge in [0.2, 0.25) is 5.91 Å². The van der Waals surface area contributed by atoms with Gasteiger partial charge in [-0.1, -0.05) is 22.0 Å². The number of hydrogen-bond donors (Lipinski definition) is 2.